The van der Waals surface area contributed by atoms with E-state index in [1.54, 1.807) is 0 Å². The van der Waals surface area contributed by atoms with E-state index in [9.17, 15) is 0 Å². The van der Waals surface area contributed by atoms with E-state index in [-0.39, 0.29) is 0 Å². The average Bonchev–Trinajstić information content (AvgIpc) is 3.63. The molecule has 0 fully saturated rings. The first-order valence-electron chi connectivity index (χ1n) is 18.3. The minimum absolute atomic E-state index is 0.904. The van der Waals surface area contributed by atoms with Crippen LogP contribution in [0.5, 0.6) is 0 Å². The number of hydrogen-bond donors (Lipinski definition) is 0. The Hall–Kier alpha value is -6.96. The number of fused-ring (bicyclic) bond motifs is 10. The van der Waals surface area contributed by atoms with Crippen LogP contribution in [0.4, 0.5) is 0 Å². The summed E-state index contributed by atoms with van der Waals surface area (Å²) in [5, 5.41) is 12.1. The van der Waals surface area contributed by atoms with Crippen molar-refractivity contribution in [2.24, 2.45) is 0 Å². The molecule has 1 nitrogen and oxygen atoms in total. The molecule has 0 unspecified atom stereocenters. The molecule has 0 N–H and O–H groups in total. The molecule has 0 aliphatic carbocycles. The van der Waals surface area contributed by atoms with Crippen molar-refractivity contribution in [3.8, 4) is 44.5 Å². The summed E-state index contributed by atoms with van der Waals surface area (Å²) in [5.41, 5.74) is 11.6. The molecule has 0 spiro atoms. The van der Waals surface area contributed by atoms with Crippen LogP contribution in [0, 0.1) is 0 Å². The average molecular weight is 673 g/mol. The zero-order chi connectivity index (χ0) is 34.9. The lowest BCUT2D eigenvalue weighted by molar-refractivity contribution is 0.673. The van der Waals surface area contributed by atoms with Crippen molar-refractivity contribution in [3.05, 3.63) is 194 Å². The summed E-state index contributed by atoms with van der Waals surface area (Å²) in [4.78, 5) is 0. The van der Waals surface area contributed by atoms with Gasteiger partial charge in [0.05, 0.1) is 0 Å². The third kappa shape index (κ3) is 4.64. The number of rotatable bonds is 4. The Balaban J connectivity index is 1.21. The maximum absolute atomic E-state index is 6.71. The minimum atomic E-state index is 0.904. The molecule has 1 heteroatoms. The molecule has 0 saturated heterocycles. The van der Waals surface area contributed by atoms with Gasteiger partial charge in [0.1, 0.15) is 11.2 Å². The van der Waals surface area contributed by atoms with Crippen LogP contribution < -0.4 is 0 Å². The van der Waals surface area contributed by atoms with Crippen LogP contribution in [0.1, 0.15) is 0 Å². The monoisotopic (exact) mass is 672 g/mol. The molecular formula is C52H32O. The highest BCUT2D eigenvalue weighted by Gasteiger charge is 2.20. The molecule has 246 valence electrons. The summed E-state index contributed by atoms with van der Waals surface area (Å²) in [5.74, 6) is 0. The second kappa shape index (κ2) is 11.8. The fraction of sp³-hybridized carbons (Fsp3) is 0. The van der Waals surface area contributed by atoms with Crippen LogP contribution in [0.2, 0.25) is 0 Å². The van der Waals surface area contributed by atoms with Gasteiger partial charge in [0.2, 0.25) is 0 Å². The minimum Gasteiger partial charge on any atom is -0.455 e. The van der Waals surface area contributed by atoms with Crippen molar-refractivity contribution < 1.29 is 4.42 Å². The van der Waals surface area contributed by atoms with Crippen molar-refractivity contribution in [1.82, 2.24) is 0 Å². The Kier molecular flexibility index (Phi) is 6.62. The molecule has 0 amide bonds. The SMILES string of the molecule is c1ccc(-c2cc(-c3ccccc3)cc(-c3c4ccccc4c(-c4ccc5oc6c7ccccc7c7ccccc7c6c5c4)c4ccccc34)c2)cc1. The van der Waals surface area contributed by atoms with Crippen molar-refractivity contribution in [2.45, 2.75) is 0 Å². The van der Waals surface area contributed by atoms with Crippen LogP contribution in [-0.2, 0) is 0 Å². The highest BCUT2D eigenvalue weighted by Crippen LogP contribution is 2.47. The first-order valence-corrected chi connectivity index (χ1v) is 18.3. The molecule has 11 rings (SSSR count). The maximum atomic E-state index is 6.71. The topological polar surface area (TPSA) is 13.1 Å². The zero-order valence-electron chi connectivity index (χ0n) is 28.9. The van der Waals surface area contributed by atoms with Crippen LogP contribution in [0.15, 0.2) is 199 Å². The van der Waals surface area contributed by atoms with Crippen LogP contribution in [0.25, 0.3) is 110 Å². The summed E-state index contributed by atoms with van der Waals surface area (Å²) in [6.07, 6.45) is 0. The predicted octanol–water partition coefficient (Wildman–Crippen LogP) is 14.9. The molecule has 0 aliphatic heterocycles. The second-order valence-corrected chi connectivity index (χ2v) is 14.0. The van der Waals surface area contributed by atoms with E-state index in [1.165, 1.54) is 87.6 Å². The third-order valence-electron chi connectivity index (χ3n) is 11.0. The van der Waals surface area contributed by atoms with Gasteiger partial charge in [-0.2, -0.15) is 0 Å². The predicted molar refractivity (Wildman–Crippen MR) is 225 cm³/mol. The second-order valence-electron chi connectivity index (χ2n) is 14.0. The van der Waals surface area contributed by atoms with Crippen LogP contribution in [-0.4, -0.2) is 0 Å². The molecule has 53 heavy (non-hydrogen) atoms. The summed E-state index contributed by atoms with van der Waals surface area (Å²) >= 11 is 0. The van der Waals surface area contributed by atoms with Crippen LogP contribution >= 0.6 is 0 Å². The van der Waals surface area contributed by atoms with Crippen molar-refractivity contribution in [2.75, 3.05) is 0 Å². The van der Waals surface area contributed by atoms with Gasteiger partial charge in [0.25, 0.3) is 0 Å². The number of furan rings is 1. The third-order valence-corrected chi connectivity index (χ3v) is 11.0. The first-order chi connectivity index (χ1) is 26.3. The van der Waals surface area contributed by atoms with E-state index in [0.717, 1.165) is 21.9 Å². The van der Waals surface area contributed by atoms with Gasteiger partial charge in [-0.1, -0.05) is 164 Å². The Morgan fingerprint density at radius 3 is 1.21 bits per heavy atom. The molecule has 10 aromatic carbocycles. The maximum Gasteiger partial charge on any atom is 0.143 e. The summed E-state index contributed by atoms with van der Waals surface area (Å²) in [7, 11) is 0. The van der Waals surface area contributed by atoms with E-state index < -0.39 is 0 Å². The summed E-state index contributed by atoms with van der Waals surface area (Å²) in [6.45, 7) is 0. The van der Waals surface area contributed by atoms with E-state index >= 15 is 0 Å². The van der Waals surface area contributed by atoms with E-state index in [0.29, 0.717) is 0 Å². The quantitative estimate of drug-likeness (QED) is 0.134. The number of benzene rings is 10. The molecular weight excluding hydrogens is 641 g/mol. The van der Waals surface area contributed by atoms with E-state index in [2.05, 4.69) is 194 Å². The van der Waals surface area contributed by atoms with Crippen LogP contribution in [0.3, 0.4) is 0 Å². The molecule has 11 aromatic rings. The van der Waals surface area contributed by atoms with Gasteiger partial charge >= 0.3 is 0 Å². The zero-order valence-corrected chi connectivity index (χ0v) is 28.9. The van der Waals surface area contributed by atoms with E-state index in [1.807, 2.05) is 0 Å². The van der Waals surface area contributed by atoms with Gasteiger partial charge in [-0.3, -0.25) is 0 Å². The van der Waals surface area contributed by atoms with Gasteiger partial charge in [0, 0.05) is 16.2 Å². The van der Waals surface area contributed by atoms with E-state index in [4.69, 9.17) is 4.42 Å². The van der Waals surface area contributed by atoms with Gasteiger partial charge in [0.15, 0.2) is 0 Å². The highest BCUT2D eigenvalue weighted by atomic mass is 16.3. The lowest BCUT2D eigenvalue weighted by atomic mass is 9.84. The molecule has 0 aliphatic rings. The fourth-order valence-electron chi connectivity index (χ4n) is 8.68. The molecule has 0 radical (unpaired) electrons. The Bertz CT molecular complexity index is 3090. The Morgan fingerprint density at radius 2 is 0.660 bits per heavy atom. The molecule has 0 saturated carbocycles. The van der Waals surface area contributed by atoms with Gasteiger partial charge < -0.3 is 4.42 Å². The first kappa shape index (κ1) is 29.7. The Morgan fingerprint density at radius 1 is 0.245 bits per heavy atom. The molecule has 0 atom stereocenters. The molecule has 0 bridgehead atoms. The molecule has 1 aromatic heterocycles. The van der Waals surface area contributed by atoms with Crippen molar-refractivity contribution in [1.29, 1.82) is 0 Å². The summed E-state index contributed by atoms with van der Waals surface area (Å²) in [6, 6.07) is 70.5. The highest BCUT2D eigenvalue weighted by molar-refractivity contribution is 6.31. The smallest absolute Gasteiger partial charge is 0.143 e. The van der Waals surface area contributed by atoms with Crippen molar-refractivity contribution in [3.63, 3.8) is 0 Å². The van der Waals surface area contributed by atoms with Gasteiger partial charge in [-0.05, 0) is 113 Å². The lowest BCUT2D eigenvalue weighted by Gasteiger charge is -2.19. The van der Waals surface area contributed by atoms with Gasteiger partial charge in [-0.15, -0.1) is 0 Å². The largest absolute Gasteiger partial charge is 0.455 e. The van der Waals surface area contributed by atoms with Gasteiger partial charge in [-0.25, -0.2) is 0 Å². The number of hydrogen-bond acceptors (Lipinski definition) is 1. The lowest BCUT2D eigenvalue weighted by Crippen LogP contribution is -1.92. The Labute approximate surface area is 307 Å². The molecule has 1 heterocycles. The summed E-state index contributed by atoms with van der Waals surface area (Å²) < 4.78 is 6.71. The van der Waals surface area contributed by atoms with Crippen molar-refractivity contribution >= 4 is 65.0 Å². The standard InChI is InChI=1S/C52H32O/c1-3-15-33(16-4-1)36-29-37(34-17-5-2-6-18-34)31-38(30-36)50-44-24-12-10-22-42(44)49(43-23-11-13-25-45(43)50)35-27-28-48-47(32-35)51-41-21-9-7-19-39(41)40-20-8-14-26-46(40)52(51)53-48/h1-32H. The normalized spacial score (nSPS) is 11.8. The fourth-order valence-corrected chi connectivity index (χ4v) is 8.68.